The molecule has 2 rings (SSSR count). The van der Waals surface area contributed by atoms with Crippen LogP contribution in [0.25, 0.3) is 0 Å². The van der Waals surface area contributed by atoms with Gasteiger partial charge in [0, 0.05) is 6.07 Å². The summed E-state index contributed by atoms with van der Waals surface area (Å²) in [5.74, 6) is 0.706. The zero-order chi connectivity index (χ0) is 18.8. The third-order valence-corrected chi connectivity index (χ3v) is 4.04. The molecule has 7 nitrogen and oxygen atoms in total. The number of aromatic nitrogens is 2. The summed E-state index contributed by atoms with van der Waals surface area (Å²) in [7, 11) is 1.35. The van der Waals surface area contributed by atoms with Crippen LogP contribution in [-0.4, -0.2) is 29.9 Å². The van der Waals surface area contributed by atoms with Gasteiger partial charge in [0.05, 0.1) is 19.4 Å². The molecule has 2 amide bonds. The Labute approximate surface area is 145 Å². The number of alkyl halides is 3. The van der Waals surface area contributed by atoms with Crippen LogP contribution in [0.5, 0.6) is 11.5 Å². The quantitative estimate of drug-likeness (QED) is 0.863. The van der Waals surface area contributed by atoms with Gasteiger partial charge in [-0.1, -0.05) is 11.3 Å². The number of rotatable bonds is 5. The van der Waals surface area contributed by atoms with Gasteiger partial charge < -0.3 is 15.2 Å². The molecule has 0 aliphatic carbocycles. The van der Waals surface area contributed by atoms with Gasteiger partial charge in [-0.25, -0.2) is 9.69 Å². The number of methoxy groups -OCH3 is 1. The van der Waals surface area contributed by atoms with Crippen LogP contribution < -0.4 is 20.1 Å². The van der Waals surface area contributed by atoms with Crippen molar-refractivity contribution in [3.05, 3.63) is 22.7 Å². The number of carbonyl (C=O) groups excluding carboxylic acids is 1. The van der Waals surface area contributed by atoms with E-state index in [1.807, 2.05) is 0 Å². The Hall–Kier alpha value is -2.56. The molecule has 0 fully saturated rings. The SMILES string of the molecule is CCOc1cc(OC)c(N(C(N)=O)c2nnc(C(F)(F)F)s2)cc1C. The Morgan fingerprint density at radius 1 is 1.32 bits per heavy atom. The molecule has 2 N–H and O–H groups in total. The van der Waals surface area contributed by atoms with Crippen molar-refractivity contribution in [2.24, 2.45) is 5.73 Å². The second-order valence-electron chi connectivity index (χ2n) is 4.78. The average Bonchev–Trinajstić information content (AvgIpc) is 2.99. The highest BCUT2D eigenvalue weighted by atomic mass is 32.1. The summed E-state index contributed by atoms with van der Waals surface area (Å²) in [6.45, 7) is 3.93. The number of benzene rings is 1. The number of hydrogen-bond donors (Lipinski definition) is 1. The summed E-state index contributed by atoms with van der Waals surface area (Å²) < 4.78 is 48.9. The van der Waals surface area contributed by atoms with Gasteiger partial charge in [-0.2, -0.15) is 13.2 Å². The van der Waals surface area contributed by atoms with Gasteiger partial charge in [0.2, 0.25) is 10.1 Å². The van der Waals surface area contributed by atoms with Crippen LogP contribution in [-0.2, 0) is 6.18 Å². The molecule has 0 aliphatic heterocycles. The average molecular weight is 376 g/mol. The summed E-state index contributed by atoms with van der Waals surface area (Å²) in [5, 5.41) is 5.00. The lowest BCUT2D eigenvalue weighted by Gasteiger charge is -2.21. The number of primary amides is 1. The van der Waals surface area contributed by atoms with Crippen LogP contribution in [0.15, 0.2) is 12.1 Å². The number of hydrogen-bond acceptors (Lipinski definition) is 6. The number of halogens is 3. The largest absolute Gasteiger partial charge is 0.494 e. The maximum absolute atomic E-state index is 12.7. The lowest BCUT2D eigenvalue weighted by Crippen LogP contribution is -2.31. The Balaban J connectivity index is 2.56. The summed E-state index contributed by atoms with van der Waals surface area (Å²) in [6, 6.07) is 2.02. The van der Waals surface area contributed by atoms with Gasteiger partial charge in [0.25, 0.3) is 0 Å². The van der Waals surface area contributed by atoms with Gasteiger partial charge in [0.15, 0.2) is 0 Å². The fourth-order valence-electron chi connectivity index (χ4n) is 2.04. The molecular formula is C14H15F3N4O3S. The first-order chi connectivity index (χ1) is 11.7. The molecule has 2 aromatic rings. The second-order valence-corrected chi connectivity index (χ2v) is 5.74. The molecule has 0 unspecified atom stereocenters. The highest BCUT2D eigenvalue weighted by Gasteiger charge is 2.37. The second kappa shape index (κ2) is 7.13. The lowest BCUT2D eigenvalue weighted by molar-refractivity contribution is -0.138. The van der Waals surface area contributed by atoms with E-state index in [1.165, 1.54) is 19.2 Å². The molecule has 25 heavy (non-hydrogen) atoms. The van der Waals surface area contributed by atoms with Crippen LogP contribution in [0.2, 0.25) is 0 Å². The highest BCUT2D eigenvalue weighted by molar-refractivity contribution is 7.15. The molecule has 136 valence electrons. The first-order valence-electron chi connectivity index (χ1n) is 7.00. The van der Waals surface area contributed by atoms with E-state index < -0.39 is 17.2 Å². The van der Waals surface area contributed by atoms with E-state index in [9.17, 15) is 18.0 Å². The Morgan fingerprint density at radius 3 is 2.48 bits per heavy atom. The standard InChI is InChI=1S/C14H15F3N4O3S/c1-4-24-9-6-10(23-3)8(5-7(9)2)21(12(18)22)13-20-19-11(25-13)14(15,16)17/h5-6H,4H2,1-3H3,(H2,18,22). The van der Waals surface area contributed by atoms with Crippen LogP contribution in [0, 0.1) is 6.92 Å². The van der Waals surface area contributed by atoms with E-state index in [0.717, 1.165) is 4.90 Å². The molecule has 0 saturated carbocycles. The van der Waals surface area contributed by atoms with Crippen molar-refractivity contribution < 1.29 is 27.4 Å². The van der Waals surface area contributed by atoms with Crippen molar-refractivity contribution in [1.82, 2.24) is 10.2 Å². The number of carbonyl (C=O) groups is 1. The van der Waals surface area contributed by atoms with Crippen molar-refractivity contribution in [3.8, 4) is 11.5 Å². The van der Waals surface area contributed by atoms with E-state index >= 15 is 0 Å². The molecule has 11 heteroatoms. The fraction of sp³-hybridized carbons (Fsp3) is 0.357. The summed E-state index contributed by atoms with van der Waals surface area (Å²) >= 11 is 0.202. The number of ether oxygens (including phenoxy) is 2. The molecule has 0 bridgehead atoms. The van der Waals surface area contributed by atoms with Gasteiger partial charge in [-0.15, -0.1) is 10.2 Å². The number of aryl methyl sites for hydroxylation is 1. The predicted molar refractivity (Wildman–Crippen MR) is 85.5 cm³/mol. The molecule has 0 atom stereocenters. The van der Waals surface area contributed by atoms with E-state index in [-0.39, 0.29) is 27.9 Å². The molecule has 0 radical (unpaired) electrons. The van der Waals surface area contributed by atoms with E-state index in [2.05, 4.69) is 10.2 Å². The van der Waals surface area contributed by atoms with Gasteiger partial charge in [-0.3, -0.25) is 0 Å². The molecule has 0 saturated heterocycles. The van der Waals surface area contributed by atoms with Gasteiger partial charge in [-0.05, 0) is 25.5 Å². The maximum atomic E-state index is 12.7. The van der Waals surface area contributed by atoms with Gasteiger partial charge >= 0.3 is 12.2 Å². The molecule has 1 aromatic heterocycles. The Kier molecular flexibility index (Phi) is 5.36. The fourth-order valence-corrected chi connectivity index (χ4v) is 2.77. The first kappa shape index (κ1) is 18.8. The number of urea groups is 1. The number of anilines is 2. The lowest BCUT2D eigenvalue weighted by atomic mass is 10.1. The highest BCUT2D eigenvalue weighted by Crippen LogP contribution is 2.41. The predicted octanol–water partition coefficient (Wildman–Crippen LogP) is 3.49. The van der Waals surface area contributed by atoms with Crippen molar-refractivity contribution in [3.63, 3.8) is 0 Å². The summed E-state index contributed by atoms with van der Waals surface area (Å²) in [6.07, 6.45) is -4.67. The first-order valence-corrected chi connectivity index (χ1v) is 7.82. The molecule has 1 aromatic carbocycles. The third kappa shape index (κ3) is 3.92. The van der Waals surface area contributed by atoms with Crippen molar-refractivity contribution in [2.45, 2.75) is 20.0 Å². The van der Waals surface area contributed by atoms with Crippen molar-refractivity contribution in [1.29, 1.82) is 0 Å². The Bertz CT molecular complexity index is 779. The zero-order valence-electron chi connectivity index (χ0n) is 13.5. The third-order valence-electron chi connectivity index (χ3n) is 3.09. The summed E-state index contributed by atoms with van der Waals surface area (Å²) in [5.41, 5.74) is 6.13. The minimum Gasteiger partial charge on any atom is -0.494 e. The maximum Gasteiger partial charge on any atom is 0.445 e. The van der Waals surface area contributed by atoms with E-state index in [0.29, 0.717) is 17.9 Å². The topological polar surface area (TPSA) is 90.6 Å². The number of nitrogens with zero attached hydrogens (tertiary/aromatic N) is 3. The normalized spacial score (nSPS) is 11.3. The molecular weight excluding hydrogens is 361 g/mol. The zero-order valence-corrected chi connectivity index (χ0v) is 14.4. The smallest absolute Gasteiger partial charge is 0.445 e. The number of nitrogens with two attached hydrogens (primary N) is 1. The van der Waals surface area contributed by atoms with Crippen molar-refractivity contribution >= 4 is 28.2 Å². The summed E-state index contributed by atoms with van der Waals surface area (Å²) in [4.78, 5) is 12.7. The van der Waals surface area contributed by atoms with Crippen molar-refractivity contribution in [2.75, 3.05) is 18.6 Å². The van der Waals surface area contributed by atoms with E-state index in [1.54, 1.807) is 13.8 Å². The van der Waals surface area contributed by atoms with Crippen LogP contribution >= 0.6 is 11.3 Å². The number of amides is 2. The Morgan fingerprint density at radius 2 is 2.00 bits per heavy atom. The minimum atomic E-state index is -4.67. The monoisotopic (exact) mass is 376 g/mol. The van der Waals surface area contributed by atoms with E-state index in [4.69, 9.17) is 15.2 Å². The molecule has 0 aliphatic rings. The van der Waals surface area contributed by atoms with Gasteiger partial charge in [0.1, 0.15) is 11.5 Å². The van der Waals surface area contributed by atoms with Crippen LogP contribution in [0.1, 0.15) is 17.5 Å². The van der Waals surface area contributed by atoms with Crippen LogP contribution in [0.4, 0.5) is 28.8 Å². The molecule has 1 heterocycles. The minimum absolute atomic E-state index is 0.140. The molecule has 0 spiro atoms. The van der Waals surface area contributed by atoms with Crippen LogP contribution in [0.3, 0.4) is 0 Å².